The predicted octanol–water partition coefficient (Wildman–Crippen LogP) is 0.421. The van der Waals surface area contributed by atoms with Crippen LogP contribution < -0.4 is 0 Å². The van der Waals surface area contributed by atoms with Crippen LogP contribution in [0.25, 0.3) is 0 Å². The largest absolute Gasteiger partial charge is 0.400 e. The van der Waals surface area contributed by atoms with E-state index in [0.717, 1.165) is 26.6 Å². The molecule has 0 heterocycles. The number of ether oxygens (including phenoxy) is 2. The van der Waals surface area contributed by atoms with Gasteiger partial charge in [0.2, 0.25) is 0 Å². The van der Waals surface area contributed by atoms with Crippen molar-refractivity contribution in [3.63, 3.8) is 0 Å². The Morgan fingerprint density at radius 3 is 1.92 bits per heavy atom. The zero-order chi connectivity index (χ0) is 10.4. The smallest absolute Gasteiger partial charge is 0.0701 e. The molecule has 82 valence electrons. The highest BCUT2D eigenvalue weighted by atomic mass is 16.5. The molecule has 0 aliphatic carbocycles. The van der Waals surface area contributed by atoms with E-state index in [4.69, 9.17) is 19.7 Å². The van der Waals surface area contributed by atoms with Crippen molar-refractivity contribution in [1.29, 1.82) is 0 Å². The Morgan fingerprint density at radius 2 is 1.46 bits per heavy atom. The van der Waals surface area contributed by atoms with Gasteiger partial charge in [-0.3, -0.25) is 0 Å². The van der Waals surface area contributed by atoms with E-state index >= 15 is 0 Å². The van der Waals surface area contributed by atoms with Crippen molar-refractivity contribution in [1.82, 2.24) is 0 Å². The first-order valence-electron chi connectivity index (χ1n) is 4.63. The number of aliphatic hydroxyl groups is 2. The molecule has 2 N–H and O–H groups in total. The lowest BCUT2D eigenvalue weighted by atomic mass is 10.4. The van der Waals surface area contributed by atoms with Crippen molar-refractivity contribution >= 4 is 0 Å². The van der Waals surface area contributed by atoms with E-state index in [1.165, 1.54) is 0 Å². The normalized spacial score (nSPS) is 9.23. The second kappa shape index (κ2) is 17.8. The fraction of sp³-hybridized carbons (Fsp3) is 1.00. The minimum atomic E-state index is 0.0922. The maximum atomic E-state index is 8.34. The summed E-state index contributed by atoms with van der Waals surface area (Å²) in [5.74, 6) is 0. The summed E-state index contributed by atoms with van der Waals surface area (Å²) >= 11 is 0. The van der Waals surface area contributed by atoms with Gasteiger partial charge in [-0.1, -0.05) is 13.3 Å². The van der Waals surface area contributed by atoms with Gasteiger partial charge in [-0.05, 0) is 6.42 Å². The molecule has 0 bridgehead atoms. The van der Waals surface area contributed by atoms with Crippen LogP contribution in [0.15, 0.2) is 0 Å². The highest BCUT2D eigenvalue weighted by Crippen LogP contribution is 1.87. The van der Waals surface area contributed by atoms with Gasteiger partial charge in [0, 0.05) is 13.7 Å². The van der Waals surface area contributed by atoms with Gasteiger partial charge in [-0.25, -0.2) is 0 Å². The first kappa shape index (κ1) is 15.3. The van der Waals surface area contributed by atoms with Crippen molar-refractivity contribution in [2.75, 3.05) is 40.1 Å². The van der Waals surface area contributed by atoms with E-state index in [9.17, 15) is 0 Å². The summed E-state index contributed by atoms with van der Waals surface area (Å²) in [6.07, 6.45) is 2.28. The van der Waals surface area contributed by atoms with E-state index in [0.29, 0.717) is 19.8 Å². The van der Waals surface area contributed by atoms with E-state index in [-0.39, 0.29) is 6.61 Å². The molecule has 0 rings (SSSR count). The van der Waals surface area contributed by atoms with Crippen molar-refractivity contribution in [3.8, 4) is 0 Å². The first-order valence-corrected chi connectivity index (χ1v) is 4.63. The van der Waals surface area contributed by atoms with Gasteiger partial charge in [0.25, 0.3) is 0 Å². The van der Waals surface area contributed by atoms with E-state index < -0.39 is 0 Å². The second-order valence-corrected chi connectivity index (χ2v) is 2.30. The Morgan fingerprint density at radius 1 is 0.923 bits per heavy atom. The minimum Gasteiger partial charge on any atom is -0.400 e. The van der Waals surface area contributed by atoms with Crippen LogP contribution in [0.1, 0.15) is 19.8 Å². The molecule has 0 saturated carbocycles. The van der Waals surface area contributed by atoms with Gasteiger partial charge in [0.1, 0.15) is 0 Å². The quantitative estimate of drug-likeness (QED) is 0.550. The van der Waals surface area contributed by atoms with Gasteiger partial charge in [0.05, 0.1) is 26.4 Å². The minimum absolute atomic E-state index is 0.0922. The topological polar surface area (TPSA) is 58.9 Å². The summed E-state index contributed by atoms with van der Waals surface area (Å²) in [6, 6.07) is 0. The summed E-state index contributed by atoms with van der Waals surface area (Å²) < 4.78 is 10.2. The Labute approximate surface area is 80.5 Å². The van der Waals surface area contributed by atoms with Gasteiger partial charge in [-0.15, -0.1) is 0 Å². The Balaban J connectivity index is 0. The molecule has 0 aliphatic rings. The molecule has 0 radical (unpaired) electrons. The molecule has 13 heavy (non-hydrogen) atoms. The highest BCUT2D eigenvalue weighted by Gasteiger charge is 1.87. The van der Waals surface area contributed by atoms with Gasteiger partial charge in [-0.2, -0.15) is 0 Å². The third kappa shape index (κ3) is 18.7. The van der Waals surface area contributed by atoms with Crippen molar-refractivity contribution in [2.24, 2.45) is 0 Å². The molecule has 0 fully saturated rings. The van der Waals surface area contributed by atoms with E-state index in [2.05, 4.69) is 6.92 Å². The maximum Gasteiger partial charge on any atom is 0.0701 e. The zero-order valence-corrected chi connectivity index (χ0v) is 8.66. The Hall–Kier alpha value is -0.160. The molecule has 4 heteroatoms. The fourth-order valence-electron chi connectivity index (χ4n) is 0.633. The summed E-state index contributed by atoms with van der Waals surface area (Å²) in [5, 5.41) is 15.3. The van der Waals surface area contributed by atoms with E-state index in [1.807, 2.05) is 0 Å². The molecule has 0 saturated heterocycles. The lowest BCUT2D eigenvalue weighted by Crippen LogP contribution is -2.07. The van der Waals surface area contributed by atoms with Crippen LogP contribution >= 0.6 is 0 Å². The Kier molecular flexibility index (Phi) is 21.0. The number of unbranched alkanes of at least 4 members (excludes halogenated alkanes) is 1. The average Bonchev–Trinajstić information content (AvgIpc) is 2.20. The maximum absolute atomic E-state index is 8.34. The SMILES string of the molecule is CCCCOCCOCCO.CO. The molecule has 4 nitrogen and oxygen atoms in total. The van der Waals surface area contributed by atoms with Crippen LogP contribution in [0.2, 0.25) is 0 Å². The van der Waals surface area contributed by atoms with Gasteiger partial charge < -0.3 is 19.7 Å². The predicted molar refractivity (Wildman–Crippen MR) is 51.8 cm³/mol. The van der Waals surface area contributed by atoms with Crippen molar-refractivity contribution in [3.05, 3.63) is 0 Å². The first-order chi connectivity index (χ1) is 6.41. The third-order valence-corrected chi connectivity index (χ3v) is 1.25. The molecule has 0 aromatic heterocycles. The van der Waals surface area contributed by atoms with Crippen LogP contribution in [0.3, 0.4) is 0 Å². The van der Waals surface area contributed by atoms with Crippen LogP contribution in [-0.2, 0) is 9.47 Å². The standard InChI is InChI=1S/C8H18O3.CH4O/c1-2-3-5-10-7-8-11-6-4-9;1-2/h9H,2-8H2,1H3;2H,1H3. The number of rotatable bonds is 8. The molecule has 0 aliphatic heterocycles. The van der Waals surface area contributed by atoms with E-state index in [1.54, 1.807) is 0 Å². The van der Waals surface area contributed by atoms with Gasteiger partial charge in [0.15, 0.2) is 0 Å². The number of hydrogen-bond donors (Lipinski definition) is 2. The summed E-state index contributed by atoms with van der Waals surface area (Å²) in [4.78, 5) is 0. The lowest BCUT2D eigenvalue weighted by molar-refractivity contribution is 0.0324. The lowest BCUT2D eigenvalue weighted by Gasteiger charge is -2.02. The third-order valence-electron chi connectivity index (χ3n) is 1.25. The number of hydrogen-bond acceptors (Lipinski definition) is 4. The zero-order valence-electron chi connectivity index (χ0n) is 8.66. The summed E-state index contributed by atoms with van der Waals surface area (Å²) in [7, 11) is 1.00. The molecule has 0 aromatic carbocycles. The Bertz CT molecular complexity index is 60.6. The molecule has 0 unspecified atom stereocenters. The van der Waals surface area contributed by atoms with Crippen molar-refractivity contribution < 1.29 is 19.7 Å². The van der Waals surface area contributed by atoms with Crippen LogP contribution in [0.4, 0.5) is 0 Å². The molecular formula is C9H22O4. The summed E-state index contributed by atoms with van der Waals surface area (Å²) in [6.45, 7) is 4.68. The molecule has 0 spiro atoms. The molecular weight excluding hydrogens is 172 g/mol. The molecule has 0 aromatic rings. The van der Waals surface area contributed by atoms with Crippen LogP contribution in [0.5, 0.6) is 0 Å². The average molecular weight is 194 g/mol. The molecule has 0 amide bonds. The number of aliphatic hydroxyl groups excluding tert-OH is 2. The van der Waals surface area contributed by atoms with Crippen molar-refractivity contribution in [2.45, 2.75) is 19.8 Å². The highest BCUT2D eigenvalue weighted by molar-refractivity contribution is 4.33. The monoisotopic (exact) mass is 194 g/mol. The fourth-order valence-corrected chi connectivity index (χ4v) is 0.633. The van der Waals surface area contributed by atoms with Gasteiger partial charge >= 0.3 is 0 Å². The summed E-state index contributed by atoms with van der Waals surface area (Å²) in [5.41, 5.74) is 0. The molecule has 0 atom stereocenters. The van der Waals surface area contributed by atoms with Crippen LogP contribution in [-0.4, -0.2) is 50.4 Å². The second-order valence-electron chi connectivity index (χ2n) is 2.30. The van der Waals surface area contributed by atoms with Crippen LogP contribution in [0, 0.1) is 0 Å².